The van der Waals surface area contributed by atoms with E-state index in [1.54, 1.807) is 4.90 Å². The molecular formula is C9H15N3O3. The first-order chi connectivity index (χ1) is 7.18. The predicted molar refractivity (Wildman–Crippen MR) is 52.6 cm³/mol. The fraction of sp³-hybridized carbons (Fsp3) is 0.778. The summed E-state index contributed by atoms with van der Waals surface area (Å²) < 4.78 is 0. The number of likely N-dealkylation sites (tertiary alicyclic amines) is 1. The van der Waals surface area contributed by atoms with Crippen molar-refractivity contribution in [3.8, 4) is 0 Å². The zero-order valence-electron chi connectivity index (χ0n) is 8.40. The molecule has 15 heavy (non-hydrogen) atoms. The second kappa shape index (κ2) is 4.06. The largest absolute Gasteiger partial charge is 0.465 e. The minimum atomic E-state index is -1.03. The molecule has 2 heterocycles. The Morgan fingerprint density at radius 2 is 2.33 bits per heavy atom. The van der Waals surface area contributed by atoms with Crippen LogP contribution in [0.15, 0.2) is 0 Å². The Balaban J connectivity index is 2.00. The molecule has 0 radical (unpaired) electrons. The Morgan fingerprint density at radius 3 is 2.93 bits per heavy atom. The van der Waals surface area contributed by atoms with Gasteiger partial charge in [0.2, 0.25) is 5.91 Å². The van der Waals surface area contributed by atoms with Gasteiger partial charge in [-0.25, -0.2) is 4.79 Å². The molecule has 0 spiro atoms. The van der Waals surface area contributed by atoms with Crippen LogP contribution in [0.2, 0.25) is 0 Å². The summed E-state index contributed by atoms with van der Waals surface area (Å²) in [5.74, 6) is 0.140. The first-order valence-corrected chi connectivity index (χ1v) is 5.18. The van der Waals surface area contributed by atoms with Gasteiger partial charge in [0.25, 0.3) is 0 Å². The van der Waals surface area contributed by atoms with Gasteiger partial charge >= 0.3 is 6.09 Å². The van der Waals surface area contributed by atoms with Crippen LogP contribution in [0, 0.1) is 0 Å². The van der Waals surface area contributed by atoms with Gasteiger partial charge in [-0.05, 0) is 6.42 Å². The molecule has 0 saturated carbocycles. The van der Waals surface area contributed by atoms with Crippen molar-refractivity contribution in [1.29, 1.82) is 0 Å². The highest BCUT2D eigenvalue weighted by molar-refractivity contribution is 5.78. The molecule has 0 aliphatic carbocycles. The standard InChI is InChI=1S/C9H15N3O3/c13-8-2-1-3-12(8)7-5-10-4-6(7)11-9(14)15/h6-7,10-11H,1-5H2,(H,14,15)/t6-,7+/m0/s1. The highest BCUT2D eigenvalue weighted by Crippen LogP contribution is 2.17. The maximum atomic E-state index is 11.5. The summed E-state index contributed by atoms with van der Waals surface area (Å²) in [6.45, 7) is 2.03. The molecule has 6 heteroatoms. The molecule has 6 nitrogen and oxygen atoms in total. The van der Waals surface area contributed by atoms with Gasteiger partial charge in [0.15, 0.2) is 0 Å². The molecule has 2 fully saturated rings. The number of nitrogens with one attached hydrogen (secondary N) is 2. The van der Waals surface area contributed by atoms with Crippen LogP contribution in [0.1, 0.15) is 12.8 Å². The minimum Gasteiger partial charge on any atom is -0.465 e. The minimum absolute atomic E-state index is 0.0175. The number of nitrogens with zero attached hydrogens (tertiary/aromatic N) is 1. The fourth-order valence-corrected chi connectivity index (χ4v) is 2.32. The summed E-state index contributed by atoms with van der Waals surface area (Å²) in [4.78, 5) is 23.9. The van der Waals surface area contributed by atoms with Crippen molar-refractivity contribution in [2.75, 3.05) is 19.6 Å². The van der Waals surface area contributed by atoms with Crippen LogP contribution < -0.4 is 10.6 Å². The van der Waals surface area contributed by atoms with Gasteiger partial charge < -0.3 is 20.6 Å². The maximum Gasteiger partial charge on any atom is 0.404 e. The first-order valence-electron chi connectivity index (χ1n) is 5.18. The van der Waals surface area contributed by atoms with Crippen LogP contribution in [0.3, 0.4) is 0 Å². The summed E-state index contributed by atoms with van der Waals surface area (Å²) in [6.07, 6.45) is 0.450. The Kier molecular flexibility index (Phi) is 2.77. The van der Waals surface area contributed by atoms with Crippen LogP contribution in [-0.4, -0.2) is 53.7 Å². The van der Waals surface area contributed by atoms with Gasteiger partial charge in [-0.2, -0.15) is 0 Å². The van der Waals surface area contributed by atoms with Crippen LogP contribution >= 0.6 is 0 Å². The lowest BCUT2D eigenvalue weighted by Gasteiger charge is -2.28. The Bertz CT molecular complexity index is 282. The average Bonchev–Trinajstić information content (AvgIpc) is 2.73. The molecule has 0 unspecified atom stereocenters. The molecule has 0 bridgehead atoms. The molecule has 2 amide bonds. The van der Waals surface area contributed by atoms with E-state index in [0.717, 1.165) is 13.0 Å². The topological polar surface area (TPSA) is 81.7 Å². The smallest absolute Gasteiger partial charge is 0.404 e. The number of carboxylic acid groups (broad SMARTS) is 1. The van der Waals surface area contributed by atoms with E-state index in [-0.39, 0.29) is 18.0 Å². The second-order valence-electron chi connectivity index (χ2n) is 3.97. The predicted octanol–water partition coefficient (Wildman–Crippen LogP) is -0.783. The second-order valence-corrected chi connectivity index (χ2v) is 3.97. The van der Waals surface area contributed by atoms with Crippen molar-refractivity contribution in [2.24, 2.45) is 0 Å². The lowest BCUT2D eigenvalue weighted by molar-refractivity contribution is -0.129. The molecule has 0 aromatic carbocycles. The quantitative estimate of drug-likeness (QED) is 0.562. The van der Waals surface area contributed by atoms with Gasteiger partial charge in [0, 0.05) is 26.1 Å². The van der Waals surface area contributed by atoms with E-state index in [4.69, 9.17) is 5.11 Å². The van der Waals surface area contributed by atoms with Crippen LogP contribution in [0.5, 0.6) is 0 Å². The van der Waals surface area contributed by atoms with E-state index in [1.165, 1.54) is 0 Å². The normalized spacial score (nSPS) is 30.9. The van der Waals surface area contributed by atoms with Crippen LogP contribution in [-0.2, 0) is 4.79 Å². The maximum absolute atomic E-state index is 11.5. The van der Waals surface area contributed by atoms with E-state index >= 15 is 0 Å². The Hall–Kier alpha value is -1.30. The fourth-order valence-electron chi connectivity index (χ4n) is 2.32. The van der Waals surface area contributed by atoms with Gasteiger partial charge in [-0.1, -0.05) is 0 Å². The van der Waals surface area contributed by atoms with Gasteiger partial charge in [-0.3, -0.25) is 4.79 Å². The zero-order valence-corrected chi connectivity index (χ0v) is 8.40. The Morgan fingerprint density at radius 1 is 1.53 bits per heavy atom. The monoisotopic (exact) mass is 213 g/mol. The molecule has 2 aliphatic heterocycles. The van der Waals surface area contributed by atoms with Gasteiger partial charge in [-0.15, -0.1) is 0 Å². The number of hydrogen-bond donors (Lipinski definition) is 3. The van der Waals surface area contributed by atoms with Crippen molar-refractivity contribution in [2.45, 2.75) is 24.9 Å². The highest BCUT2D eigenvalue weighted by atomic mass is 16.4. The molecule has 2 aliphatic rings. The number of amides is 2. The molecule has 2 rings (SSSR count). The van der Waals surface area contributed by atoms with Crippen molar-refractivity contribution < 1.29 is 14.7 Å². The number of carbonyl (C=O) groups excluding carboxylic acids is 1. The van der Waals surface area contributed by atoms with Gasteiger partial charge in [0.1, 0.15) is 0 Å². The number of hydrogen-bond acceptors (Lipinski definition) is 3. The third-order valence-corrected chi connectivity index (χ3v) is 3.00. The van der Waals surface area contributed by atoms with Crippen molar-refractivity contribution >= 4 is 12.0 Å². The lowest BCUT2D eigenvalue weighted by Crippen LogP contribution is -2.51. The van der Waals surface area contributed by atoms with Crippen LogP contribution in [0.4, 0.5) is 4.79 Å². The van der Waals surface area contributed by atoms with E-state index in [2.05, 4.69) is 10.6 Å². The zero-order chi connectivity index (χ0) is 10.8. The number of carbonyl (C=O) groups is 2. The molecular weight excluding hydrogens is 198 g/mol. The summed E-state index contributed by atoms with van der Waals surface area (Å²) in [6, 6.07) is -0.194. The average molecular weight is 213 g/mol. The summed E-state index contributed by atoms with van der Waals surface area (Å²) in [5.41, 5.74) is 0. The SMILES string of the molecule is O=C(O)N[C@H]1CNC[C@H]1N1CCCC1=O. The summed E-state index contributed by atoms with van der Waals surface area (Å²) in [5, 5.41) is 14.2. The Labute approximate surface area is 87.6 Å². The molecule has 2 saturated heterocycles. The van der Waals surface area contributed by atoms with Crippen molar-refractivity contribution in [1.82, 2.24) is 15.5 Å². The number of rotatable bonds is 2. The van der Waals surface area contributed by atoms with Gasteiger partial charge in [0.05, 0.1) is 12.1 Å². The third-order valence-electron chi connectivity index (χ3n) is 3.00. The van der Waals surface area contributed by atoms with Crippen molar-refractivity contribution in [3.63, 3.8) is 0 Å². The molecule has 84 valence electrons. The van der Waals surface area contributed by atoms with Crippen molar-refractivity contribution in [3.05, 3.63) is 0 Å². The molecule has 2 atom stereocenters. The van der Waals surface area contributed by atoms with E-state index in [0.29, 0.717) is 19.5 Å². The summed E-state index contributed by atoms with van der Waals surface area (Å²) >= 11 is 0. The summed E-state index contributed by atoms with van der Waals surface area (Å²) in [7, 11) is 0. The van der Waals surface area contributed by atoms with Crippen LogP contribution in [0.25, 0.3) is 0 Å². The first kappa shape index (κ1) is 10.2. The highest BCUT2D eigenvalue weighted by Gasteiger charge is 2.37. The molecule has 0 aromatic rings. The lowest BCUT2D eigenvalue weighted by atomic mass is 10.1. The molecule has 3 N–H and O–H groups in total. The molecule has 0 aromatic heterocycles. The third kappa shape index (κ3) is 2.04. The van der Waals surface area contributed by atoms with E-state index < -0.39 is 6.09 Å². The van der Waals surface area contributed by atoms with E-state index in [9.17, 15) is 9.59 Å². The van der Waals surface area contributed by atoms with E-state index in [1.807, 2.05) is 0 Å².